The Kier molecular flexibility index (Phi) is 7.32. The first kappa shape index (κ1) is 23.6. The third kappa shape index (κ3) is 5.31. The van der Waals surface area contributed by atoms with Crippen LogP contribution < -0.4 is 4.74 Å². The number of hydrogen-bond donors (Lipinski definition) is 0. The van der Waals surface area contributed by atoms with Crippen molar-refractivity contribution in [2.24, 2.45) is 0 Å². The molecule has 0 N–H and O–H groups in total. The number of aryl methyl sites for hydroxylation is 2. The van der Waals surface area contributed by atoms with E-state index in [9.17, 15) is 8.78 Å². The summed E-state index contributed by atoms with van der Waals surface area (Å²) in [7, 11) is 1.60. The number of aromatic nitrogens is 5. The molecule has 4 heterocycles. The standard InChI is InChI=1S/C19H18F2N4O.C6H7NO/c1-10-11(2)23-19-17(22-10)16(14-4-3-13(20)9-15(14)21)24-18(25-19)12-5-7-26-8-6-12;1-8-6-4-2-3-5-7-6/h3-4,9,12H,5-8H2,1-2H3;2-5H,1H3. The molecule has 1 saturated heterocycles. The Morgan fingerprint density at radius 1 is 0.941 bits per heavy atom. The number of ether oxygens (including phenoxy) is 2. The van der Waals surface area contributed by atoms with Gasteiger partial charge < -0.3 is 9.47 Å². The first-order valence-corrected chi connectivity index (χ1v) is 11.0. The van der Waals surface area contributed by atoms with Crippen LogP contribution in [0.5, 0.6) is 5.88 Å². The number of rotatable bonds is 3. The summed E-state index contributed by atoms with van der Waals surface area (Å²) in [6.45, 7) is 4.98. The molecule has 1 aliphatic rings. The second-order valence-corrected chi connectivity index (χ2v) is 7.88. The Morgan fingerprint density at radius 3 is 2.35 bits per heavy atom. The van der Waals surface area contributed by atoms with Crippen molar-refractivity contribution in [3.63, 3.8) is 0 Å². The van der Waals surface area contributed by atoms with Crippen molar-refractivity contribution >= 4 is 11.2 Å². The average molecular weight is 466 g/mol. The lowest BCUT2D eigenvalue weighted by atomic mass is 9.99. The Hall–Kier alpha value is -3.59. The fourth-order valence-electron chi connectivity index (χ4n) is 3.60. The van der Waals surface area contributed by atoms with E-state index in [1.54, 1.807) is 19.4 Å². The van der Waals surface area contributed by atoms with E-state index in [1.165, 1.54) is 12.1 Å². The molecular weight excluding hydrogens is 440 g/mol. The number of pyridine rings is 1. The second kappa shape index (κ2) is 10.6. The summed E-state index contributed by atoms with van der Waals surface area (Å²) < 4.78 is 38.0. The van der Waals surface area contributed by atoms with Crippen LogP contribution in [-0.4, -0.2) is 45.2 Å². The summed E-state index contributed by atoms with van der Waals surface area (Å²) in [5.74, 6) is 0.0822. The quantitative estimate of drug-likeness (QED) is 0.423. The maximum Gasteiger partial charge on any atom is 0.212 e. The molecule has 9 heteroatoms. The lowest BCUT2D eigenvalue weighted by molar-refractivity contribution is 0.0836. The molecule has 5 rings (SSSR count). The largest absolute Gasteiger partial charge is 0.481 e. The van der Waals surface area contributed by atoms with Crippen LogP contribution in [0.3, 0.4) is 0 Å². The van der Waals surface area contributed by atoms with Crippen molar-refractivity contribution in [3.8, 4) is 17.1 Å². The molecular formula is C25H25F2N5O2. The van der Waals surface area contributed by atoms with Gasteiger partial charge in [-0.1, -0.05) is 6.07 Å². The predicted octanol–water partition coefficient (Wildman–Crippen LogP) is 4.97. The summed E-state index contributed by atoms with van der Waals surface area (Å²) in [5.41, 5.74) is 2.90. The normalized spacial score (nSPS) is 13.9. The van der Waals surface area contributed by atoms with Gasteiger partial charge in [-0.2, -0.15) is 0 Å². The van der Waals surface area contributed by atoms with Crippen LogP contribution in [-0.2, 0) is 4.74 Å². The van der Waals surface area contributed by atoms with Gasteiger partial charge in [-0.3, -0.25) is 0 Å². The first-order chi connectivity index (χ1) is 16.5. The first-order valence-electron chi connectivity index (χ1n) is 11.0. The maximum atomic E-state index is 14.4. The third-order valence-electron chi connectivity index (χ3n) is 5.58. The molecule has 0 atom stereocenters. The molecule has 3 aromatic heterocycles. The van der Waals surface area contributed by atoms with E-state index in [-0.39, 0.29) is 11.5 Å². The smallest absolute Gasteiger partial charge is 0.212 e. The van der Waals surface area contributed by atoms with Crippen molar-refractivity contribution < 1.29 is 18.3 Å². The highest BCUT2D eigenvalue weighted by Gasteiger charge is 2.23. The number of hydrogen-bond acceptors (Lipinski definition) is 7. The molecule has 1 aromatic carbocycles. The molecule has 1 fully saturated rings. The topological polar surface area (TPSA) is 82.9 Å². The minimum Gasteiger partial charge on any atom is -0.481 e. The van der Waals surface area contributed by atoms with Gasteiger partial charge in [0.15, 0.2) is 5.65 Å². The van der Waals surface area contributed by atoms with E-state index < -0.39 is 11.6 Å². The average Bonchev–Trinajstić information content (AvgIpc) is 2.86. The highest BCUT2D eigenvalue weighted by molar-refractivity contribution is 5.87. The summed E-state index contributed by atoms with van der Waals surface area (Å²) in [6, 6.07) is 8.99. The Bertz CT molecular complexity index is 1280. The lowest BCUT2D eigenvalue weighted by Crippen LogP contribution is -2.17. The molecule has 0 saturated carbocycles. The van der Waals surface area contributed by atoms with Crippen molar-refractivity contribution in [1.29, 1.82) is 0 Å². The van der Waals surface area contributed by atoms with Crippen molar-refractivity contribution in [3.05, 3.63) is 71.4 Å². The zero-order valence-corrected chi connectivity index (χ0v) is 19.3. The zero-order valence-electron chi connectivity index (χ0n) is 19.3. The highest BCUT2D eigenvalue weighted by atomic mass is 19.1. The molecule has 0 bridgehead atoms. The van der Waals surface area contributed by atoms with Crippen molar-refractivity contribution in [2.45, 2.75) is 32.6 Å². The monoisotopic (exact) mass is 465 g/mol. The molecule has 7 nitrogen and oxygen atoms in total. The molecule has 0 unspecified atom stereocenters. The van der Waals surface area contributed by atoms with Crippen molar-refractivity contribution in [1.82, 2.24) is 24.9 Å². The van der Waals surface area contributed by atoms with Gasteiger partial charge in [-0.25, -0.2) is 33.7 Å². The number of benzene rings is 1. The van der Waals surface area contributed by atoms with Gasteiger partial charge in [0.05, 0.1) is 18.5 Å². The minimum absolute atomic E-state index is 0.124. The Balaban J connectivity index is 0.000000291. The van der Waals surface area contributed by atoms with Crippen molar-refractivity contribution in [2.75, 3.05) is 20.3 Å². The van der Waals surface area contributed by atoms with E-state index in [0.29, 0.717) is 41.8 Å². The zero-order chi connectivity index (χ0) is 24.1. The molecule has 1 aliphatic heterocycles. The van der Waals surface area contributed by atoms with E-state index in [1.807, 2.05) is 26.0 Å². The number of methoxy groups -OCH3 is 1. The highest BCUT2D eigenvalue weighted by Crippen LogP contribution is 2.31. The van der Waals surface area contributed by atoms with E-state index in [4.69, 9.17) is 9.47 Å². The molecule has 0 aliphatic carbocycles. The molecule has 4 aromatic rings. The maximum absolute atomic E-state index is 14.4. The van der Waals surface area contributed by atoms with E-state index in [2.05, 4.69) is 24.9 Å². The van der Waals surface area contributed by atoms with Gasteiger partial charge in [-0.15, -0.1) is 0 Å². The van der Waals surface area contributed by atoms with Gasteiger partial charge in [0.2, 0.25) is 5.88 Å². The lowest BCUT2D eigenvalue weighted by Gasteiger charge is -2.21. The SMILES string of the molecule is COc1ccccn1.Cc1nc2nc(C3CCOCC3)nc(-c3ccc(F)cc3F)c2nc1C. The van der Waals surface area contributed by atoms with Crippen LogP contribution in [0.2, 0.25) is 0 Å². The van der Waals surface area contributed by atoms with Crippen LogP contribution in [0, 0.1) is 25.5 Å². The van der Waals surface area contributed by atoms with Crippen LogP contribution in [0.4, 0.5) is 8.78 Å². The molecule has 176 valence electrons. The summed E-state index contributed by atoms with van der Waals surface area (Å²) in [6.07, 6.45) is 3.29. The summed E-state index contributed by atoms with van der Waals surface area (Å²) in [4.78, 5) is 22.1. The second-order valence-electron chi connectivity index (χ2n) is 7.88. The van der Waals surface area contributed by atoms with Gasteiger partial charge in [0.25, 0.3) is 0 Å². The Morgan fingerprint density at radius 2 is 1.71 bits per heavy atom. The van der Waals surface area contributed by atoms with Gasteiger partial charge in [-0.05, 0) is 44.9 Å². The Labute approximate surface area is 196 Å². The fourth-order valence-corrected chi connectivity index (χ4v) is 3.60. The van der Waals surface area contributed by atoms with Crippen LogP contribution >= 0.6 is 0 Å². The van der Waals surface area contributed by atoms with Crippen LogP contribution in [0.15, 0.2) is 42.6 Å². The van der Waals surface area contributed by atoms with E-state index in [0.717, 1.165) is 30.3 Å². The third-order valence-corrected chi connectivity index (χ3v) is 5.58. The fraction of sp³-hybridized carbons (Fsp3) is 0.320. The minimum atomic E-state index is -0.678. The predicted molar refractivity (Wildman–Crippen MR) is 124 cm³/mol. The molecule has 0 radical (unpaired) electrons. The van der Waals surface area contributed by atoms with Gasteiger partial charge in [0.1, 0.15) is 28.7 Å². The van der Waals surface area contributed by atoms with Gasteiger partial charge in [0, 0.05) is 43.0 Å². The number of nitrogens with zero attached hydrogens (tertiary/aromatic N) is 5. The van der Waals surface area contributed by atoms with Crippen LogP contribution in [0.25, 0.3) is 22.4 Å². The molecule has 34 heavy (non-hydrogen) atoms. The molecule has 0 amide bonds. The number of fused-ring (bicyclic) bond motifs is 1. The number of halogens is 2. The van der Waals surface area contributed by atoms with Crippen LogP contribution in [0.1, 0.15) is 36.0 Å². The summed E-state index contributed by atoms with van der Waals surface area (Å²) >= 11 is 0. The summed E-state index contributed by atoms with van der Waals surface area (Å²) in [5, 5.41) is 0. The van der Waals surface area contributed by atoms with Gasteiger partial charge >= 0.3 is 0 Å². The molecule has 0 spiro atoms. The van der Waals surface area contributed by atoms with E-state index >= 15 is 0 Å².